The molecular weight excluding hydrogens is 342 g/mol. The molecule has 4 aliphatic carbocycles. The summed E-state index contributed by atoms with van der Waals surface area (Å²) in [4.78, 5) is 0. The number of rotatable bonds is 4. The van der Waals surface area contributed by atoms with E-state index >= 15 is 0 Å². The Kier molecular flexibility index (Phi) is 5.01. The highest BCUT2D eigenvalue weighted by Crippen LogP contribution is 2.66. The molecule has 0 aromatic heterocycles. The topological polar surface area (TPSA) is 20.2 Å². The molecule has 27 heavy (non-hydrogen) atoms. The molecule has 0 spiro atoms. The summed E-state index contributed by atoms with van der Waals surface area (Å²) in [7, 11) is 0. The van der Waals surface area contributed by atoms with E-state index in [2.05, 4.69) is 19.9 Å². The minimum absolute atomic E-state index is 0.0255. The van der Waals surface area contributed by atoms with Crippen LogP contribution < -0.4 is 0 Å². The lowest BCUT2D eigenvalue weighted by atomic mass is 9.47. The monoisotopic (exact) mass is 380 g/mol. The minimum atomic E-state index is -2.48. The van der Waals surface area contributed by atoms with Gasteiger partial charge in [-0.15, -0.1) is 0 Å². The SMILES string of the molecule is CCC(F)(F)CCC1CCC2[C@@H]3CC=C4C[C@@H](O)CCC4(C)C3CC[C@]12C. The first-order valence-electron chi connectivity index (χ1n) is 11.4. The van der Waals surface area contributed by atoms with Crippen LogP contribution in [-0.4, -0.2) is 17.1 Å². The number of hydrogen-bond donors (Lipinski definition) is 1. The molecule has 0 aromatic carbocycles. The fourth-order valence-corrected chi connectivity index (χ4v) is 7.79. The molecule has 0 bridgehead atoms. The highest BCUT2D eigenvalue weighted by Gasteiger charge is 2.58. The van der Waals surface area contributed by atoms with Crippen LogP contribution in [0.5, 0.6) is 0 Å². The van der Waals surface area contributed by atoms with E-state index in [0.29, 0.717) is 18.3 Å². The molecule has 7 atom stereocenters. The van der Waals surface area contributed by atoms with E-state index in [4.69, 9.17) is 0 Å². The van der Waals surface area contributed by atoms with Crippen LogP contribution in [0.1, 0.15) is 91.4 Å². The molecule has 0 amide bonds. The van der Waals surface area contributed by atoms with Crippen LogP contribution >= 0.6 is 0 Å². The highest BCUT2D eigenvalue weighted by molar-refractivity contribution is 5.25. The predicted molar refractivity (Wildman–Crippen MR) is 106 cm³/mol. The molecule has 0 radical (unpaired) electrons. The van der Waals surface area contributed by atoms with Gasteiger partial charge in [-0.2, -0.15) is 0 Å². The van der Waals surface area contributed by atoms with Gasteiger partial charge in [0.25, 0.3) is 0 Å². The van der Waals surface area contributed by atoms with Crippen molar-refractivity contribution in [3.05, 3.63) is 11.6 Å². The number of aliphatic hydroxyl groups excluding tert-OH is 1. The van der Waals surface area contributed by atoms with Gasteiger partial charge in [0, 0.05) is 12.8 Å². The van der Waals surface area contributed by atoms with Crippen LogP contribution in [0, 0.1) is 34.5 Å². The molecular formula is C24H38F2O. The molecule has 4 unspecified atom stereocenters. The van der Waals surface area contributed by atoms with Crippen molar-refractivity contribution in [2.75, 3.05) is 0 Å². The Balaban J connectivity index is 1.52. The third kappa shape index (κ3) is 3.20. The van der Waals surface area contributed by atoms with Crippen LogP contribution in [0.3, 0.4) is 0 Å². The van der Waals surface area contributed by atoms with Gasteiger partial charge < -0.3 is 5.11 Å². The summed E-state index contributed by atoms with van der Waals surface area (Å²) in [5, 5.41) is 10.1. The van der Waals surface area contributed by atoms with Gasteiger partial charge in [0.15, 0.2) is 0 Å². The summed E-state index contributed by atoms with van der Waals surface area (Å²) < 4.78 is 27.7. The van der Waals surface area contributed by atoms with Crippen molar-refractivity contribution in [3.63, 3.8) is 0 Å². The number of aliphatic hydroxyl groups is 1. The molecule has 1 nitrogen and oxygen atoms in total. The number of hydrogen-bond acceptors (Lipinski definition) is 1. The first-order valence-corrected chi connectivity index (χ1v) is 11.4. The Morgan fingerprint density at radius 3 is 2.63 bits per heavy atom. The summed E-state index contributed by atoms with van der Waals surface area (Å²) in [5.74, 6) is 0.165. The highest BCUT2D eigenvalue weighted by atomic mass is 19.3. The molecule has 3 saturated carbocycles. The smallest absolute Gasteiger partial charge is 0.247 e. The molecule has 4 rings (SSSR count). The molecule has 154 valence electrons. The average molecular weight is 381 g/mol. The summed E-state index contributed by atoms with van der Waals surface area (Å²) in [6.45, 7) is 6.50. The molecule has 3 fully saturated rings. The van der Waals surface area contributed by atoms with Gasteiger partial charge in [-0.05, 0) is 92.3 Å². The Labute approximate surface area is 164 Å². The zero-order valence-corrected chi connectivity index (χ0v) is 17.4. The lowest BCUT2D eigenvalue weighted by Crippen LogP contribution is -2.50. The quantitative estimate of drug-likeness (QED) is 0.535. The predicted octanol–water partition coefficient (Wildman–Crippen LogP) is 6.75. The normalized spacial score (nSPS) is 47.0. The summed E-state index contributed by atoms with van der Waals surface area (Å²) in [6.07, 6.45) is 12.0. The van der Waals surface area contributed by atoms with Gasteiger partial charge >= 0.3 is 0 Å². The maximum Gasteiger partial charge on any atom is 0.247 e. The van der Waals surface area contributed by atoms with Gasteiger partial charge in [-0.1, -0.05) is 32.4 Å². The molecule has 4 aliphatic rings. The Hall–Kier alpha value is -0.440. The van der Waals surface area contributed by atoms with E-state index < -0.39 is 5.92 Å². The standard InChI is InChI=1S/C24H38F2O/c1-4-24(25,26)14-9-16-6-8-20-19-7-5-17-15-18(27)10-12-23(17,3)21(19)11-13-22(16,20)2/h5,16,18-21,27H,4,6-15H2,1-3H3/t16?,18-,19-,20?,21?,22+,23?/m0/s1. The van der Waals surface area contributed by atoms with E-state index in [-0.39, 0.29) is 29.8 Å². The Bertz CT molecular complexity index is 599. The van der Waals surface area contributed by atoms with Gasteiger partial charge in [0.05, 0.1) is 6.10 Å². The van der Waals surface area contributed by atoms with Crippen molar-refractivity contribution in [2.45, 2.75) is 103 Å². The number of fused-ring (bicyclic) bond motifs is 5. The van der Waals surface area contributed by atoms with Crippen molar-refractivity contribution in [1.82, 2.24) is 0 Å². The third-order valence-electron chi connectivity index (χ3n) is 9.65. The average Bonchev–Trinajstić information content (AvgIpc) is 2.97. The van der Waals surface area contributed by atoms with Gasteiger partial charge in [-0.25, -0.2) is 8.78 Å². The fourth-order valence-electron chi connectivity index (χ4n) is 7.79. The van der Waals surface area contributed by atoms with E-state index in [9.17, 15) is 13.9 Å². The fraction of sp³-hybridized carbons (Fsp3) is 0.917. The van der Waals surface area contributed by atoms with E-state index in [1.807, 2.05) is 0 Å². The van der Waals surface area contributed by atoms with Crippen LogP contribution in [0.4, 0.5) is 8.78 Å². The number of allylic oxidation sites excluding steroid dienone is 1. The zero-order valence-electron chi connectivity index (χ0n) is 17.4. The van der Waals surface area contributed by atoms with Crippen LogP contribution in [0.25, 0.3) is 0 Å². The molecule has 3 heteroatoms. The van der Waals surface area contributed by atoms with Crippen LogP contribution in [0.2, 0.25) is 0 Å². The maximum absolute atomic E-state index is 13.9. The van der Waals surface area contributed by atoms with Crippen LogP contribution in [0.15, 0.2) is 11.6 Å². The first-order chi connectivity index (χ1) is 12.7. The summed E-state index contributed by atoms with van der Waals surface area (Å²) in [6, 6.07) is 0. The van der Waals surface area contributed by atoms with Crippen molar-refractivity contribution in [3.8, 4) is 0 Å². The van der Waals surface area contributed by atoms with Crippen molar-refractivity contribution in [2.24, 2.45) is 34.5 Å². The van der Waals surface area contributed by atoms with E-state index in [1.165, 1.54) is 24.8 Å². The largest absolute Gasteiger partial charge is 0.393 e. The second-order valence-corrected chi connectivity index (χ2v) is 10.7. The van der Waals surface area contributed by atoms with Crippen LogP contribution in [-0.2, 0) is 0 Å². The van der Waals surface area contributed by atoms with E-state index in [0.717, 1.165) is 43.9 Å². The maximum atomic E-state index is 13.9. The minimum Gasteiger partial charge on any atom is -0.393 e. The number of halogens is 2. The van der Waals surface area contributed by atoms with Crippen molar-refractivity contribution < 1.29 is 13.9 Å². The molecule has 0 heterocycles. The Morgan fingerprint density at radius 2 is 1.89 bits per heavy atom. The van der Waals surface area contributed by atoms with E-state index in [1.54, 1.807) is 6.92 Å². The molecule has 0 aliphatic heterocycles. The molecule has 0 aromatic rings. The Morgan fingerprint density at radius 1 is 1.11 bits per heavy atom. The lowest BCUT2D eigenvalue weighted by molar-refractivity contribution is -0.0596. The van der Waals surface area contributed by atoms with Crippen molar-refractivity contribution >= 4 is 0 Å². The van der Waals surface area contributed by atoms with Gasteiger partial charge in [0.1, 0.15) is 0 Å². The van der Waals surface area contributed by atoms with Crippen molar-refractivity contribution in [1.29, 1.82) is 0 Å². The molecule has 0 saturated heterocycles. The zero-order chi connectivity index (χ0) is 19.4. The second-order valence-electron chi connectivity index (χ2n) is 10.7. The lowest BCUT2D eigenvalue weighted by Gasteiger charge is -2.58. The number of alkyl halides is 2. The van der Waals surface area contributed by atoms with Gasteiger partial charge in [-0.3, -0.25) is 0 Å². The first kappa shape index (κ1) is 19.9. The molecule has 1 N–H and O–H groups in total. The second kappa shape index (κ2) is 6.82. The van der Waals surface area contributed by atoms with Gasteiger partial charge in [0.2, 0.25) is 5.92 Å². The summed E-state index contributed by atoms with van der Waals surface area (Å²) >= 11 is 0. The third-order valence-corrected chi connectivity index (χ3v) is 9.65. The summed E-state index contributed by atoms with van der Waals surface area (Å²) in [5.41, 5.74) is 2.06.